The first-order chi connectivity index (χ1) is 9.19. The van der Waals surface area contributed by atoms with Crippen molar-refractivity contribution < 1.29 is 4.74 Å². The minimum atomic E-state index is 0.286. The topological polar surface area (TPSA) is 9.23 Å². The van der Waals surface area contributed by atoms with E-state index in [0.717, 1.165) is 11.3 Å². The predicted molar refractivity (Wildman–Crippen MR) is 86.5 cm³/mol. The summed E-state index contributed by atoms with van der Waals surface area (Å²) in [6.07, 6.45) is 2.14. The van der Waals surface area contributed by atoms with E-state index >= 15 is 0 Å². The van der Waals surface area contributed by atoms with Crippen molar-refractivity contribution in [3.8, 4) is 5.75 Å². The molecule has 0 aliphatic heterocycles. The third kappa shape index (κ3) is 4.24. The second kappa shape index (κ2) is 6.95. The predicted octanol–water partition coefficient (Wildman–Crippen LogP) is 3.73. The number of para-hydroxylation sites is 1. The van der Waals surface area contributed by atoms with Gasteiger partial charge < -0.3 is 0 Å². The molecule has 0 saturated carbocycles. The van der Waals surface area contributed by atoms with Gasteiger partial charge in [0.05, 0.1) is 0 Å². The van der Waals surface area contributed by atoms with Crippen LogP contribution in [0.3, 0.4) is 0 Å². The van der Waals surface area contributed by atoms with E-state index < -0.39 is 0 Å². The number of aryl methyl sites for hydroxylation is 1. The summed E-state index contributed by atoms with van der Waals surface area (Å²) in [7, 11) is 1.70. The molecule has 3 heteroatoms. The van der Waals surface area contributed by atoms with Crippen molar-refractivity contribution in [1.29, 1.82) is 0 Å². The van der Waals surface area contributed by atoms with Gasteiger partial charge in [-0.3, -0.25) is 0 Å². The number of hydrogen-bond donors (Lipinski definition) is 0. The average Bonchev–Trinajstić information content (AvgIpc) is 2.42. The van der Waals surface area contributed by atoms with Crippen molar-refractivity contribution >= 4 is 41.4 Å². The first-order valence-electron chi connectivity index (χ1n) is 5.94. The molecule has 1 nitrogen and oxygen atoms in total. The van der Waals surface area contributed by atoms with Crippen molar-refractivity contribution in [2.75, 3.05) is 7.11 Å². The molecule has 0 amide bonds. The summed E-state index contributed by atoms with van der Waals surface area (Å²) in [6, 6.07) is 16.7. The van der Waals surface area contributed by atoms with Crippen LogP contribution in [0.5, 0.6) is 5.75 Å². The van der Waals surface area contributed by atoms with Crippen LogP contribution in [-0.2, 0) is 0 Å². The zero-order chi connectivity index (χ0) is 13.7. The fourth-order valence-corrected chi connectivity index (χ4v) is 4.31. The van der Waals surface area contributed by atoms with Crippen LogP contribution < -0.4 is 9.20 Å². The molecule has 0 fully saturated rings. The summed E-state index contributed by atoms with van der Waals surface area (Å²) in [6.45, 7) is 2.11. The second-order valence-electron chi connectivity index (χ2n) is 4.11. The molecule has 0 aromatic heterocycles. The summed E-state index contributed by atoms with van der Waals surface area (Å²) in [5, 5.41) is 0. The normalized spacial score (nSPS) is 11.4. The molecule has 19 heavy (non-hydrogen) atoms. The Balaban J connectivity index is 2.16. The molecule has 0 spiro atoms. The molecule has 0 aliphatic carbocycles. The molecule has 0 bridgehead atoms. The van der Waals surface area contributed by atoms with Crippen LogP contribution in [0.15, 0.2) is 51.9 Å². The van der Waals surface area contributed by atoms with E-state index in [1.807, 2.05) is 18.2 Å². The van der Waals surface area contributed by atoms with Crippen molar-refractivity contribution in [2.24, 2.45) is 0 Å². The molecular weight excluding hydrogens is 367 g/mol. The van der Waals surface area contributed by atoms with E-state index in [1.165, 1.54) is 13.4 Å². The van der Waals surface area contributed by atoms with Gasteiger partial charge in [0.2, 0.25) is 0 Å². The molecule has 0 saturated heterocycles. The first kappa shape index (κ1) is 14.4. The third-order valence-corrected chi connectivity index (χ3v) is 5.44. The zero-order valence-electron chi connectivity index (χ0n) is 10.9. The van der Waals surface area contributed by atoms with E-state index in [-0.39, 0.29) is 15.0 Å². The molecular formula is C16H15BrOSe. The number of ether oxygens (including phenoxy) is 1. The Hall–Kier alpha value is -1.02. The van der Waals surface area contributed by atoms with Crippen LogP contribution in [0, 0.1) is 6.92 Å². The number of rotatable bonds is 4. The number of benzene rings is 2. The van der Waals surface area contributed by atoms with Gasteiger partial charge >= 0.3 is 129 Å². The molecule has 2 aromatic rings. The summed E-state index contributed by atoms with van der Waals surface area (Å²) < 4.78 is 7.91. The summed E-state index contributed by atoms with van der Waals surface area (Å²) in [5.41, 5.74) is 2.40. The standard InChI is InChI=1S/C16H15BrOSe/c1-12-7-9-14(10-8-12)19-16(17)11-13-5-3-4-6-15(13)18-2/h3-11H,1-2H3/b16-11-. The third-order valence-electron chi connectivity index (χ3n) is 2.64. The summed E-state index contributed by atoms with van der Waals surface area (Å²) in [4.78, 5) is 0. The van der Waals surface area contributed by atoms with Crippen LogP contribution in [0.25, 0.3) is 6.08 Å². The van der Waals surface area contributed by atoms with Gasteiger partial charge in [-0.05, 0) is 0 Å². The van der Waals surface area contributed by atoms with Gasteiger partial charge in [0.15, 0.2) is 0 Å². The van der Waals surface area contributed by atoms with Crippen LogP contribution in [0.4, 0.5) is 0 Å². The number of methoxy groups -OCH3 is 1. The van der Waals surface area contributed by atoms with E-state index in [9.17, 15) is 0 Å². The Labute approximate surface area is 129 Å². The number of hydrogen-bond acceptors (Lipinski definition) is 1. The zero-order valence-corrected chi connectivity index (χ0v) is 14.2. The summed E-state index contributed by atoms with van der Waals surface area (Å²) >= 11 is 3.95. The van der Waals surface area contributed by atoms with Gasteiger partial charge in [-0.2, -0.15) is 0 Å². The fourth-order valence-electron chi connectivity index (χ4n) is 1.66. The minimum absolute atomic E-state index is 0.286. The molecule has 2 aromatic carbocycles. The molecule has 0 aliphatic rings. The molecule has 0 atom stereocenters. The van der Waals surface area contributed by atoms with Crippen LogP contribution >= 0.6 is 15.9 Å². The van der Waals surface area contributed by atoms with E-state index in [4.69, 9.17) is 4.74 Å². The molecule has 0 unspecified atom stereocenters. The van der Waals surface area contributed by atoms with Crippen molar-refractivity contribution in [2.45, 2.75) is 6.92 Å². The Kier molecular flexibility index (Phi) is 5.26. The van der Waals surface area contributed by atoms with Gasteiger partial charge in [0.1, 0.15) is 0 Å². The van der Waals surface area contributed by atoms with Gasteiger partial charge in [0.25, 0.3) is 0 Å². The average molecular weight is 382 g/mol. The molecule has 2 rings (SSSR count). The van der Waals surface area contributed by atoms with E-state index in [0.29, 0.717) is 0 Å². The SMILES string of the molecule is COc1ccccc1/C=C(/Br)[Se]c1ccc(C)cc1. The first-order valence-corrected chi connectivity index (χ1v) is 8.44. The van der Waals surface area contributed by atoms with Crippen molar-refractivity contribution in [1.82, 2.24) is 0 Å². The fraction of sp³-hybridized carbons (Fsp3) is 0.125. The van der Waals surface area contributed by atoms with Gasteiger partial charge in [-0.25, -0.2) is 0 Å². The van der Waals surface area contributed by atoms with Crippen LogP contribution in [-0.4, -0.2) is 22.1 Å². The monoisotopic (exact) mass is 382 g/mol. The Bertz CT molecular complexity index is 576. The summed E-state index contributed by atoms with van der Waals surface area (Å²) in [5.74, 6) is 0.902. The van der Waals surface area contributed by atoms with Crippen LogP contribution in [0.2, 0.25) is 0 Å². The van der Waals surface area contributed by atoms with E-state index in [2.05, 4.69) is 59.3 Å². The molecule has 98 valence electrons. The Morgan fingerprint density at radius 1 is 1.11 bits per heavy atom. The maximum atomic E-state index is 5.35. The van der Waals surface area contributed by atoms with Gasteiger partial charge in [-0.1, -0.05) is 0 Å². The van der Waals surface area contributed by atoms with Gasteiger partial charge in [-0.15, -0.1) is 0 Å². The molecule has 0 N–H and O–H groups in total. The Morgan fingerprint density at radius 2 is 1.79 bits per heavy atom. The van der Waals surface area contributed by atoms with Crippen LogP contribution in [0.1, 0.15) is 11.1 Å². The molecule has 0 heterocycles. The second-order valence-corrected chi connectivity index (χ2v) is 8.48. The van der Waals surface area contributed by atoms with Crippen molar-refractivity contribution in [3.63, 3.8) is 0 Å². The quantitative estimate of drug-likeness (QED) is 0.733. The number of halogens is 1. The molecule has 0 radical (unpaired) electrons. The van der Waals surface area contributed by atoms with Gasteiger partial charge in [0, 0.05) is 0 Å². The Morgan fingerprint density at radius 3 is 2.47 bits per heavy atom. The maximum absolute atomic E-state index is 5.35. The van der Waals surface area contributed by atoms with Crippen molar-refractivity contribution in [3.05, 3.63) is 63.0 Å². The van der Waals surface area contributed by atoms with E-state index in [1.54, 1.807) is 7.11 Å².